The van der Waals surface area contributed by atoms with Crippen LogP contribution in [0.2, 0.25) is 0 Å². The van der Waals surface area contributed by atoms with Crippen LogP contribution < -0.4 is 4.90 Å². The molecule has 1 fully saturated rings. The second-order valence-corrected chi connectivity index (χ2v) is 8.75. The van der Waals surface area contributed by atoms with E-state index in [0.717, 1.165) is 29.1 Å². The van der Waals surface area contributed by atoms with Crippen LogP contribution in [0.25, 0.3) is 11.4 Å². The normalized spacial score (nSPS) is 14.1. The average molecular weight is 447 g/mol. The summed E-state index contributed by atoms with van der Waals surface area (Å²) in [4.78, 5) is 26.5. The van der Waals surface area contributed by atoms with Crippen molar-refractivity contribution < 1.29 is 9.18 Å². The first kappa shape index (κ1) is 22.9. The van der Waals surface area contributed by atoms with Gasteiger partial charge in [-0.25, -0.2) is 14.4 Å². The lowest BCUT2D eigenvalue weighted by atomic mass is 10.0. The number of piperazine rings is 1. The molecule has 0 unspecified atom stereocenters. The molecular weight excluding hydrogens is 415 g/mol. The van der Waals surface area contributed by atoms with Gasteiger partial charge in [0.1, 0.15) is 11.6 Å². The molecule has 6 heteroatoms. The lowest BCUT2D eigenvalue weighted by Gasteiger charge is -2.37. The van der Waals surface area contributed by atoms with Gasteiger partial charge in [0.2, 0.25) is 5.91 Å². The molecule has 2 heterocycles. The third-order valence-electron chi connectivity index (χ3n) is 6.15. The lowest BCUT2D eigenvalue weighted by molar-refractivity contribution is -0.134. The predicted molar refractivity (Wildman–Crippen MR) is 130 cm³/mol. The molecule has 172 valence electrons. The minimum atomic E-state index is -0.218. The van der Waals surface area contributed by atoms with Crippen LogP contribution in [-0.2, 0) is 17.6 Å². The van der Waals surface area contributed by atoms with E-state index in [4.69, 9.17) is 9.97 Å². The van der Waals surface area contributed by atoms with Gasteiger partial charge in [0.05, 0.1) is 0 Å². The summed E-state index contributed by atoms with van der Waals surface area (Å²) in [7, 11) is 0. The number of carbonyl (C=O) groups excluding carboxylic acids is 1. The van der Waals surface area contributed by atoms with E-state index in [1.807, 2.05) is 61.2 Å². The van der Waals surface area contributed by atoms with E-state index in [9.17, 15) is 9.18 Å². The Morgan fingerprint density at radius 1 is 0.970 bits per heavy atom. The van der Waals surface area contributed by atoms with Crippen molar-refractivity contribution in [2.75, 3.05) is 31.1 Å². The molecule has 3 aromatic rings. The van der Waals surface area contributed by atoms with Gasteiger partial charge in [-0.3, -0.25) is 4.79 Å². The van der Waals surface area contributed by atoms with Crippen molar-refractivity contribution in [3.63, 3.8) is 0 Å². The topological polar surface area (TPSA) is 49.3 Å². The summed E-state index contributed by atoms with van der Waals surface area (Å²) in [5.74, 6) is 1.48. The standard InChI is InChI=1S/C27H31FN4O/c1-4-24-22(18-21-12-8-9-13-23(21)28)26(30-25(29-24)20-10-6-5-7-11-20)31-14-16-32(17-15-31)27(33)19(2)3/h5-13,19H,4,14-18H2,1-3H3. The second kappa shape index (κ2) is 10.1. The molecule has 0 aliphatic carbocycles. The highest BCUT2D eigenvalue weighted by Gasteiger charge is 2.27. The summed E-state index contributed by atoms with van der Waals surface area (Å²) < 4.78 is 14.5. The first-order chi connectivity index (χ1) is 16.0. The maximum Gasteiger partial charge on any atom is 0.225 e. The molecule has 4 rings (SSSR count). The first-order valence-corrected chi connectivity index (χ1v) is 11.7. The Kier molecular flexibility index (Phi) is 7.02. The van der Waals surface area contributed by atoms with Crippen LogP contribution in [0.3, 0.4) is 0 Å². The fourth-order valence-electron chi connectivity index (χ4n) is 4.30. The number of hydrogen-bond donors (Lipinski definition) is 0. The van der Waals surface area contributed by atoms with Crippen molar-refractivity contribution in [3.05, 3.63) is 77.2 Å². The number of benzene rings is 2. The fraction of sp³-hybridized carbons (Fsp3) is 0.370. The van der Waals surface area contributed by atoms with E-state index in [-0.39, 0.29) is 17.6 Å². The third kappa shape index (κ3) is 5.05. The Hall–Kier alpha value is -3.28. The molecule has 1 aromatic heterocycles. The van der Waals surface area contributed by atoms with E-state index in [2.05, 4.69) is 11.8 Å². The van der Waals surface area contributed by atoms with Gasteiger partial charge in [-0.05, 0) is 18.1 Å². The van der Waals surface area contributed by atoms with Gasteiger partial charge >= 0.3 is 0 Å². The maximum atomic E-state index is 14.5. The summed E-state index contributed by atoms with van der Waals surface area (Å²) in [5, 5.41) is 0. The number of hydrogen-bond acceptors (Lipinski definition) is 4. The van der Waals surface area contributed by atoms with Crippen molar-refractivity contribution in [1.82, 2.24) is 14.9 Å². The van der Waals surface area contributed by atoms with Gasteiger partial charge < -0.3 is 9.80 Å². The Morgan fingerprint density at radius 2 is 1.64 bits per heavy atom. The summed E-state index contributed by atoms with van der Waals surface area (Å²) in [6, 6.07) is 16.8. The molecule has 0 atom stereocenters. The number of nitrogens with zero attached hydrogens (tertiary/aromatic N) is 4. The number of amides is 1. The first-order valence-electron chi connectivity index (χ1n) is 11.7. The SMILES string of the molecule is CCc1nc(-c2ccccc2)nc(N2CCN(C(=O)C(C)C)CC2)c1Cc1ccccc1F. The number of rotatable bonds is 6. The Labute approximate surface area is 195 Å². The van der Waals surface area contributed by atoms with E-state index >= 15 is 0 Å². The van der Waals surface area contributed by atoms with Crippen molar-refractivity contribution in [1.29, 1.82) is 0 Å². The van der Waals surface area contributed by atoms with Gasteiger partial charge in [-0.1, -0.05) is 69.3 Å². The largest absolute Gasteiger partial charge is 0.353 e. The minimum Gasteiger partial charge on any atom is -0.353 e. The third-order valence-corrected chi connectivity index (χ3v) is 6.15. The minimum absolute atomic E-state index is 0.0106. The van der Waals surface area contributed by atoms with Gasteiger partial charge in [-0.15, -0.1) is 0 Å². The highest BCUT2D eigenvalue weighted by molar-refractivity contribution is 5.78. The van der Waals surface area contributed by atoms with Crippen LogP contribution in [0.1, 0.15) is 37.6 Å². The van der Waals surface area contributed by atoms with E-state index in [1.165, 1.54) is 6.07 Å². The van der Waals surface area contributed by atoms with Crippen LogP contribution in [0.4, 0.5) is 10.2 Å². The average Bonchev–Trinajstić information content (AvgIpc) is 2.85. The van der Waals surface area contributed by atoms with E-state index < -0.39 is 0 Å². The number of halogens is 1. The summed E-state index contributed by atoms with van der Waals surface area (Å²) in [6.45, 7) is 8.64. The molecule has 1 aliphatic heterocycles. The van der Waals surface area contributed by atoms with Crippen LogP contribution in [0.15, 0.2) is 54.6 Å². The zero-order valence-corrected chi connectivity index (χ0v) is 19.6. The van der Waals surface area contributed by atoms with Crippen molar-refractivity contribution in [2.45, 2.75) is 33.6 Å². The summed E-state index contributed by atoms with van der Waals surface area (Å²) in [5.41, 5.74) is 3.49. The molecule has 0 spiro atoms. The molecule has 5 nitrogen and oxygen atoms in total. The van der Waals surface area contributed by atoms with Crippen LogP contribution >= 0.6 is 0 Å². The zero-order chi connectivity index (χ0) is 23.4. The monoisotopic (exact) mass is 446 g/mol. The zero-order valence-electron chi connectivity index (χ0n) is 19.6. The van der Waals surface area contributed by atoms with Crippen LogP contribution in [-0.4, -0.2) is 47.0 Å². The van der Waals surface area contributed by atoms with Crippen molar-refractivity contribution in [3.8, 4) is 11.4 Å². The number of aryl methyl sites for hydroxylation is 1. The lowest BCUT2D eigenvalue weighted by Crippen LogP contribution is -2.50. The van der Waals surface area contributed by atoms with Crippen LogP contribution in [0.5, 0.6) is 0 Å². The second-order valence-electron chi connectivity index (χ2n) is 8.75. The number of anilines is 1. The summed E-state index contributed by atoms with van der Waals surface area (Å²) in [6.07, 6.45) is 1.16. The van der Waals surface area contributed by atoms with Gasteiger partial charge in [0, 0.05) is 55.3 Å². The fourth-order valence-corrected chi connectivity index (χ4v) is 4.30. The smallest absolute Gasteiger partial charge is 0.225 e. The highest BCUT2D eigenvalue weighted by Crippen LogP contribution is 2.29. The van der Waals surface area contributed by atoms with Gasteiger partial charge in [0.15, 0.2) is 5.82 Å². The number of aromatic nitrogens is 2. The Balaban J connectivity index is 1.74. The summed E-state index contributed by atoms with van der Waals surface area (Å²) >= 11 is 0. The van der Waals surface area contributed by atoms with E-state index in [1.54, 1.807) is 6.07 Å². The molecule has 1 aliphatic rings. The van der Waals surface area contributed by atoms with Crippen molar-refractivity contribution in [2.24, 2.45) is 5.92 Å². The molecule has 0 N–H and O–H groups in total. The predicted octanol–water partition coefficient (Wildman–Crippen LogP) is 4.74. The van der Waals surface area contributed by atoms with Crippen LogP contribution in [0, 0.1) is 11.7 Å². The Morgan fingerprint density at radius 3 is 2.27 bits per heavy atom. The van der Waals surface area contributed by atoms with Crippen molar-refractivity contribution >= 4 is 11.7 Å². The van der Waals surface area contributed by atoms with E-state index in [0.29, 0.717) is 44.0 Å². The highest BCUT2D eigenvalue weighted by atomic mass is 19.1. The maximum absolute atomic E-state index is 14.5. The molecule has 33 heavy (non-hydrogen) atoms. The molecule has 2 aromatic carbocycles. The van der Waals surface area contributed by atoms with Gasteiger partial charge in [-0.2, -0.15) is 0 Å². The molecule has 1 amide bonds. The molecule has 0 saturated carbocycles. The van der Waals surface area contributed by atoms with Gasteiger partial charge in [0.25, 0.3) is 0 Å². The molecule has 0 bridgehead atoms. The molecule has 0 radical (unpaired) electrons. The number of carbonyl (C=O) groups is 1. The molecular formula is C27H31FN4O. The molecule has 1 saturated heterocycles. The Bertz CT molecular complexity index is 1110. The quantitative estimate of drug-likeness (QED) is 0.549.